The molecule has 0 aliphatic heterocycles. The minimum Gasteiger partial charge on any atom is -0.384 e. The van der Waals surface area contributed by atoms with E-state index in [1.165, 1.54) is 11.1 Å². The van der Waals surface area contributed by atoms with Gasteiger partial charge in [0.1, 0.15) is 18.2 Å². The minimum absolute atomic E-state index is 0.391. The Morgan fingerprint density at radius 1 is 1.33 bits per heavy atom. The zero-order valence-electron chi connectivity index (χ0n) is 12.2. The monoisotopic (exact) mass is 284 g/mol. The van der Waals surface area contributed by atoms with Gasteiger partial charge in [0, 0.05) is 25.1 Å². The van der Waals surface area contributed by atoms with Gasteiger partial charge in [0.05, 0.1) is 0 Å². The Morgan fingerprint density at radius 2 is 2.19 bits per heavy atom. The molecule has 1 aromatic carbocycles. The van der Waals surface area contributed by atoms with Gasteiger partial charge in [-0.1, -0.05) is 24.3 Å². The third-order valence-corrected chi connectivity index (χ3v) is 3.72. The SMILES string of the molecule is CCOCc1nc(N)cc(NCC2Cc3ccccc32)n1. The molecule has 1 atom stereocenters. The van der Waals surface area contributed by atoms with Crippen LogP contribution < -0.4 is 11.1 Å². The van der Waals surface area contributed by atoms with Gasteiger partial charge < -0.3 is 15.8 Å². The molecule has 1 unspecified atom stereocenters. The molecule has 1 heterocycles. The van der Waals surface area contributed by atoms with Gasteiger partial charge in [-0.15, -0.1) is 0 Å². The van der Waals surface area contributed by atoms with Gasteiger partial charge >= 0.3 is 0 Å². The van der Waals surface area contributed by atoms with Crippen molar-refractivity contribution in [3.63, 3.8) is 0 Å². The fraction of sp³-hybridized carbons (Fsp3) is 0.375. The Morgan fingerprint density at radius 3 is 3.00 bits per heavy atom. The molecule has 3 N–H and O–H groups in total. The number of ether oxygens (including phenoxy) is 1. The highest BCUT2D eigenvalue weighted by atomic mass is 16.5. The third-order valence-electron chi connectivity index (χ3n) is 3.72. The molecular weight excluding hydrogens is 264 g/mol. The van der Waals surface area contributed by atoms with Crippen molar-refractivity contribution in [3.8, 4) is 0 Å². The predicted octanol–water partition coefficient (Wildman–Crippen LogP) is 2.35. The zero-order valence-corrected chi connectivity index (χ0v) is 12.2. The molecule has 3 rings (SSSR count). The number of benzene rings is 1. The Bertz CT molecular complexity index is 629. The molecule has 0 bridgehead atoms. The highest BCUT2D eigenvalue weighted by molar-refractivity contribution is 5.47. The van der Waals surface area contributed by atoms with Crippen molar-refractivity contribution in [2.24, 2.45) is 0 Å². The average Bonchev–Trinajstić information content (AvgIpc) is 2.45. The lowest BCUT2D eigenvalue weighted by Gasteiger charge is -2.30. The van der Waals surface area contributed by atoms with Crippen LogP contribution >= 0.6 is 0 Å². The molecule has 0 saturated carbocycles. The Hall–Kier alpha value is -2.14. The summed E-state index contributed by atoms with van der Waals surface area (Å²) >= 11 is 0. The smallest absolute Gasteiger partial charge is 0.158 e. The summed E-state index contributed by atoms with van der Waals surface area (Å²) in [5.74, 6) is 2.40. The van der Waals surface area contributed by atoms with Crippen LogP contribution in [-0.4, -0.2) is 23.1 Å². The molecule has 0 saturated heterocycles. The van der Waals surface area contributed by atoms with Gasteiger partial charge in [-0.3, -0.25) is 0 Å². The summed E-state index contributed by atoms with van der Waals surface area (Å²) in [7, 11) is 0. The van der Waals surface area contributed by atoms with E-state index in [4.69, 9.17) is 10.5 Å². The minimum atomic E-state index is 0.391. The van der Waals surface area contributed by atoms with Crippen molar-refractivity contribution in [3.05, 3.63) is 47.3 Å². The number of nitrogens with one attached hydrogen (secondary N) is 1. The second kappa shape index (κ2) is 6.10. The molecule has 0 spiro atoms. The lowest BCUT2D eigenvalue weighted by molar-refractivity contribution is 0.128. The van der Waals surface area contributed by atoms with E-state index in [0.717, 1.165) is 18.8 Å². The van der Waals surface area contributed by atoms with Crippen LogP contribution in [0.3, 0.4) is 0 Å². The van der Waals surface area contributed by atoms with Gasteiger partial charge in [0.25, 0.3) is 0 Å². The summed E-state index contributed by atoms with van der Waals surface area (Å²) in [6, 6.07) is 10.3. The molecule has 21 heavy (non-hydrogen) atoms. The number of fused-ring (bicyclic) bond motifs is 1. The van der Waals surface area contributed by atoms with Crippen molar-refractivity contribution in [1.29, 1.82) is 0 Å². The van der Waals surface area contributed by atoms with Crippen molar-refractivity contribution < 1.29 is 4.74 Å². The second-order valence-electron chi connectivity index (χ2n) is 5.21. The first-order chi connectivity index (χ1) is 10.3. The van der Waals surface area contributed by atoms with E-state index >= 15 is 0 Å². The van der Waals surface area contributed by atoms with E-state index in [-0.39, 0.29) is 0 Å². The Kier molecular flexibility index (Phi) is 4.01. The van der Waals surface area contributed by atoms with Crippen LogP contribution in [0.1, 0.15) is 29.8 Å². The molecular formula is C16H20N4O. The summed E-state index contributed by atoms with van der Waals surface area (Å²) in [6.07, 6.45) is 1.12. The molecule has 0 fully saturated rings. The molecule has 2 aromatic rings. The third kappa shape index (κ3) is 3.13. The lowest BCUT2D eigenvalue weighted by Crippen LogP contribution is -2.24. The predicted molar refractivity (Wildman–Crippen MR) is 83.2 cm³/mol. The number of nitrogens with two attached hydrogens (primary N) is 1. The molecule has 1 aliphatic carbocycles. The Balaban J connectivity index is 1.62. The largest absolute Gasteiger partial charge is 0.384 e. The normalized spacial score (nSPS) is 16.1. The Labute approximate surface area is 124 Å². The summed E-state index contributed by atoms with van der Waals surface area (Å²) in [5, 5.41) is 3.36. The van der Waals surface area contributed by atoms with E-state index in [2.05, 4.69) is 39.6 Å². The van der Waals surface area contributed by atoms with Crippen LogP contribution in [0.4, 0.5) is 11.6 Å². The van der Waals surface area contributed by atoms with Gasteiger partial charge in [0.2, 0.25) is 0 Å². The van der Waals surface area contributed by atoms with Crippen LogP contribution in [0.25, 0.3) is 0 Å². The topological polar surface area (TPSA) is 73.1 Å². The van der Waals surface area contributed by atoms with Crippen LogP contribution in [0.5, 0.6) is 0 Å². The van der Waals surface area contributed by atoms with Crippen LogP contribution in [-0.2, 0) is 17.8 Å². The van der Waals surface area contributed by atoms with Crippen molar-refractivity contribution in [2.75, 3.05) is 24.2 Å². The van der Waals surface area contributed by atoms with E-state index in [1.807, 2.05) is 6.92 Å². The fourth-order valence-electron chi connectivity index (χ4n) is 2.64. The van der Waals surface area contributed by atoms with E-state index in [0.29, 0.717) is 30.8 Å². The summed E-state index contributed by atoms with van der Waals surface area (Å²) in [4.78, 5) is 8.60. The summed E-state index contributed by atoms with van der Waals surface area (Å²) < 4.78 is 5.33. The first-order valence-corrected chi connectivity index (χ1v) is 7.29. The maximum absolute atomic E-state index is 5.81. The first-order valence-electron chi connectivity index (χ1n) is 7.29. The molecule has 0 radical (unpaired) electrons. The highest BCUT2D eigenvalue weighted by Gasteiger charge is 2.24. The number of hydrogen-bond donors (Lipinski definition) is 2. The number of aromatic nitrogens is 2. The molecule has 0 amide bonds. The average molecular weight is 284 g/mol. The molecule has 5 heteroatoms. The second-order valence-corrected chi connectivity index (χ2v) is 5.21. The number of rotatable bonds is 6. The van der Waals surface area contributed by atoms with Crippen LogP contribution in [0.15, 0.2) is 30.3 Å². The summed E-state index contributed by atoms with van der Waals surface area (Å²) in [6.45, 7) is 3.84. The summed E-state index contributed by atoms with van der Waals surface area (Å²) in [5.41, 5.74) is 8.69. The molecule has 1 aliphatic rings. The van der Waals surface area contributed by atoms with E-state index in [9.17, 15) is 0 Å². The molecule has 110 valence electrons. The lowest BCUT2D eigenvalue weighted by atomic mass is 9.77. The first kappa shape index (κ1) is 13.8. The zero-order chi connectivity index (χ0) is 14.7. The molecule has 5 nitrogen and oxygen atoms in total. The van der Waals surface area contributed by atoms with E-state index in [1.54, 1.807) is 6.07 Å². The van der Waals surface area contributed by atoms with Gasteiger partial charge in [-0.2, -0.15) is 0 Å². The molecule has 1 aromatic heterocycles. The maximum Gasteiger partial charge on any atom is 0.158 e. The van der Waals surface area contributed by atoms with Crippen LogP contribution in [0, 0.1) is 0 Å². The number of nitrogen functional groups attached to an aromatic ring is 1. The van der Waals surface area contributed by atoms with Crippen molar-refractivity contribution in [1.82, 2.24) is 9.97 Å². The number of nitrogens with zero attached hydrogens (tertiary/aromatic N) is 2. The van der Waals surface area contributed by atoms with Gasteiger partial charge in [0.15, 0.2) is 5.82 Å². The van der Waals surface area contributed by atoms with Gasteiger partial charge in [-0.25, -0.2) is 9.97 Å². The van der Waals surface area contributed by atoms with Crippen LogP contribution in [0.2, 0.25) is 0 Å². The van der Waals surface area contributed by atoms with Crippen molar-refractivity contribution in [2.45, 2.75) is 25.9 Å². The highest BCUT2D eigenvalue weighted by Crippen LogP contribution is 2.34. The quantitative estimate of drug-likeness (QED) is 0.852. The van der Waals surface area contributed by atoms with Crippen molar-refractivity contribution >= 4 is 11.6 Å². The maximum atomic E-state index is 5.81. The number of hydrogen-bond acceptors (Lipinski definition) is 5. The van der Waals surface area contributed by atoms with Gasteiger partial charge in [-0.05, 0) is 24.5 Å². The van der Waals surface area contributed by atoms with E-state index < -0.39 is 0 Å². The number of anilines is 2. The standard InChI is InChI=1S/C16H20N4O/c1-2-21-10-16-19-14(17)8-15(20-16)18-9-12-7-11-5-3-4-6-13(11)12/h3-6,8,12H,2,7,9-10H2,1H3,(H3,17,18,19,20). The fourth-order valence-corrected chi connectivity index (χ4v) is 2.64.